The summed E-state index contributed by atoms with van der Waals surface area (Å²) in [5, 5.41) is 3.59. The molecule has 0 bridgehead atoms. The van der Waals surface area contributed by atoms with Crippen molar-refractivity contribution in [3.05, 3.63) is 0 Å². The van der Waals surface area contributed by atoms with Gasteiger partial charge in [-0.3, -0.25) is 4.90 Å². The Hall–Kier alpha value is -0.0800. The minimum Gasteiger partial charge on any atom is -0.313 e. The first-order valence-electron chi connectivity index (χ1n) is 6.64. The lowest BCUT2D eigenvalue weighted by Crippen LogP contribution is -2.45. The highest BCUT2D eigenvalue weighted by molar-refractivity contribution is 4.83. The van der Waals surface area contributed by atoms with Gasteiger partial charge in [0.15, 0.2) is 0 Å². The van der Waals surface area contributed by atoms with Gasteiger partial charge in [-0.05, 0) is 32.7 Å². The minimum atomic E-state index is 0.613. The van der Waals surface area contributed by atoms with Gasteiger partial charge in [0.05, 0.1) is 0 Å². The van der Waals surface area contributed by atoms with Crippen LogP contribution in [-0.4, -0.2) is 36.1 Å². The van der Waals surface area contributed by atoms with E-state index in [9.17, 15) is 0 Å². The summed E-state index contributed by atoms with van der Waals surface area (Å²) >= 11 is 0. The fourth-order valence-corrected chi connectivity index (χ4v) is 2.59. The van der Waals surface area contributed by atoms with Crippen molar-refractivity contribution in [2.75, 3.05) is 13.1 Å². The fraction of sp³-hybridized carbons (Fsp3) is 1.00. The van der Waals surface area contributed by atoms with Gasteiger partial charge in [0.25, 0.3) is 0 Å². The highest BCUT2D eigenvalue weighted by Crippen LogP contribution is 2.21. The molecule has 1 heterocycles. The number of hydrogen-bond donors (Lipinski definition) is 1. The second-order valence-corrected chi connectivity index (χ2v) is 5.23. The summed E-state index contributed by atoms with van der Waals surface area (Å²) < 4.78 is 0. The number of likely N-dealkylation sites (tertiary alicyclic amines) is 1. The van der Waals surface area contributed by atoms with Crippen molar-refractivity contribution < 1.29 is 0 Å². The average molecular weight is 212 g/mol. The Labute approximate surface area is 95.4 Å². The van der Waals surface area contributed by atoms with Gasteiger partial charge in [0.2, 0.25) is 0 Å². The maximum atomic E-state index is 3.59. The number of rotatable bonds is 6. The zero-order valence-corrected chi connectivity index (χ0v) is 10.9. The smallest absolute Gasteiger partial charge is 0.0223 e. The summed E-state index contributed by atoms with van der Waals surface area (Å²) in [6, 6.07) is 2.17. The molecule has 1 N–H and O–H groups in total. The predicted molar refractivity (Wildman–Crippen MR) is 67.2 cm³/mol. The largest absolute Gasteiger partial charge is 0.313 e. The standard InChI is InChI=1S/C13H28N2/c1-5-7-13(10-14-11(2)3)15-9-6-8-12(15)4/h11-14H,5-10H2,1-4H3. The zero-order chi connectivity index (χ0) is 11.3. The molecule has 2 unspecified atom stereocenters. The van der Waals surface area contributed by atoms with Crippen molar-refractivity contribution in [3.8, 4) is 0 Å². The number of hydrogen-bond acceptors (Lipinski definition) is 2. The van der Waals surface area contributed by atoms with Crippen LogP contribution in [-0.2, 0) is 0 Å². The molecule has 2 heteroatoms. The number of nitrogens with one attached hydrogen (secondary N) is 1. The Morgan fingerprint density at radius 1 is 1.40 bits per heavy atom. The highest BCUT2D eigenvalue weighted by Gasteiger charge is 2.26. The molecule has 0 saturated carbocycles. The van der Waals surface area contributed by atoms with E-state index in [0.29, 0.717) is 6.04 Å². The van der Waals surface area contributed by atoms with Crippen LogP contribution in [0.2, 0.25) is 0 Å². The Kier molecular flexibility index (Phi) is 5.62. The van der Waals surface area contributed by atoms with Crippen LogP contribution in [0, 0.1) is 0 Å². The Balaban J connectivity index is 2.41. The SMILES string of the molecule is CCCC(CNC(C)C)N1CCCC1C. The molecule has 0 aromatic carbocycles. The molecule has 1 saturated heterocycles. The maximum absolute atomic E-state index is 3.59. The van der Waals surface area contributed by atoms with Crippen molar-refractivity contribution in [2.45, 2.75) is 71.5 Å². The van der Waals surface area contributed by atoms with Crippen LogP contribution in [0.4, 0.5) is 0 Å². The van der Waals surface area contributed by atoms with Crippen LogP contribution in [0.25, 0.3) is 0 Å². The van der Waals surface area contributed by atoms with Gasteiger partial charge in [-0.15, -0.1) is 0 Å². The molecule has 2 atom stereocenters. The Morgan fingerprint density at radius 2 is 2.13 bits per heavy atom. The van der Waals surface area contributed by atoms with Gasteiger partial charge in [-0.2, -0.15) is 0 Å². The molecule has 0 aliphatic carbocycles. The molecule has 0 aromatic rings. The van der Waals surface area contributed by atoms with Crippen molar-refractivity contribution in [1.82, 2.24) is 10.2 Å². The van der Waals surface area contributed by atoms with E-state index in [4.69, 9.17) is 0 Å². The van der Waals surface area contributed by atoms with E-state index in [2.05, 4.69) is 37.9 Å². The molecule has 15 heavy (non-hydrogen) atoms. The van der Waals surface area contributed by atoms with Gasteiger partial charge in [0.1, 0.15) is 0 Å². The first-order chi connectivity index (χ1) is 7.15. The second-order valence-electron chi connectivity index (χ2n) is 5.23. The third-order valence-corrected chi connectivity index (χ3v) is 3.46. The third-order valence-electron chi connectivity index (χ3n) is 3.46. The first-order valence-corrected chi connectivity index (χ1v) is 6.64. The molecule has 1 aliphatic heterocycles. The minimum absolute atomic E-state index is 0.613. The van der Waals surface area contributed by atoms with Crippen LogP contribution in [0.15, 0.2) is 0 Å². The summed E-state index contributed by atoms with van der Waals surface area (Å²) in [5.74, 6) is 0. The maximum Gasteiger partial charge on any atom is 0.0223 e. The molecule has 1 rings (SSSR count). The molecule has 0 aromatic heterocycles. The van der Waals surface area contributed by atoms with Crippen LogP contribution in [0.5, 0.6) is 0 Å². The molecule has 1 fully saturated rings. The van der Waals surface area contributed by atoms with E-state index in [1.54, 1.807) is 0 Å². The van der Waals surface area contributed by atoms with Crippen LogP contribution in [0.3, 0.4) is 0 Å². The van der Waals surface area contributed by atoms with E-state index in [1.165, 1.54) is 32.2 Å². The van der Waals surface area contributed by atoms with Crippen molar-refractivity contribution in [2.24, 2.45) is 0 Å². The van der Waals surface area contributed by atoms with Crippen LogP contribution in [0.1, 0.15) is 53.4 Å². The van der Waals surface area contributed by atoms with Crippen LogP contribution < -0.4 is 5.32 Å². The van der Waals surface area contributed by atoms with Gasteiger partial charge in [-0.25, -0.2) is 0 Å². The van der Waals surface area contributed by atoms with E-state index in [0.717, 1.165) is 18.6 Å². The molecule has 0 radical (unpaired) electrons. The van der Waals surface area contributed by atoms with Gasteiger partial charge in [0, 0.05) is 24.7 Å². The summed E-state index contributed by atoms with van der Waals surface area (Å²) in [6.45, 7) is 11.6. The van der Waals surface area contributed by atoms with Gasteiger partial charge in [-0.1, -0.05) is 27.2 Å². The molecule has 0 amide bonds. The molecule has 0 spiro atoms. The Morgan fingerprint density at radius 3 is 2.60 bits per heavy atom. The zero-order valence-electron chi connectivity index (χ0n) is 10.9. The quantitative estimate of drug-likeness (QED) is 0.728. The van der Waals surface area contributed by atoms with E-state index in [-0.39, 0.29) is 0 Å². The van der Waals surface area contributed by atoms with Crippen molar-refractivity contribution >= 4 is 0 Å². The fourth-order valence-electron chi connectivity index (χ4n) is 2.59. The predicted octanol–water partition coefficient (Wildman–Crippen LogP) is 2.64. The average Bonchev–Trinajstić information content (AvgIpc) is 2.59. The lowest BCUT2D eigenvalue weighted by molar-refractivity contribution is 0.173. The lowest BCUT2D eigenvalue weighted by atomic mass is 10.1. The summed E-state index contributed by atoms with van der Waals surface area (Å²) in [7, 11) is 0. The molecular weight excluding hydrogens is 184 g/mol. The lowest BCUT2D eigenvalue weighted by Gasteiger charge is -2.32. The van der Waals surface area contributed by atoms with E-state index >= 15 is 0 Å². The first kappa shape index (κ1) is 13.0. The summed E-state index contributed by atoms with van der Waals surface area (Å²) in [4.78, 5) is 2.71. The summed E-state index contributed by atoms with van der Waals surface area (Å²) in [5.41, 5.74) is 0. The van der Waals surface area contributed by atoms with Gasteiger partial charge < -0.3 is 5.32 Å². The second kappa shape index (κ2) is 6.49. The molecule has 2 nitrogen and oxygen atoms in total. The van der Waals surface area contributed by atoms with Crippen LogP contribution >= 0.6 is 0 Å². The third kappa shape index (κ3) is 4.12. The van der Waals surface area contributed by atoms with Crippen molar-refractivity contribution in [1.29, 1.82) is 0 Å². The molecule has 90 valence electrons. The van der Waals surface area contributed by atoms with E-state index in [1.807, 2.05) is 0 Å². The topological polar surface area (TPSA) is 15.3 Å². The van der Waals surface area contributed by atoms with Crippen molar-refractivity contribution in [3.63, 3.8) is 0 Å². The summed E-state index contributed by atoms with van der Waals surface area (Å²) in [6.07, 6.45) is 5.42. The number of nitrogens with zero attached hydrogens (tertiary/aromatic N) is 1. The molecular formula is C13H28N2. The normalized spacial score (nSPS) is 25.0. The molecule has 1 aliphatic rings. The Bertz CT molecular complexity index is 168. The highest BCUT2D eigenvalue weighted by atomic mass is 15.2. The van der Waals surface area contributed by atoms with E-state index < -0.39 is 0 Å². The monoisotopic (exact) mass is 212 g/mol. The van der Waals surface area contributed by atoms with Gasteiger partial charge >= 0.3 is 0 Å².